The van der Waals surface area contributed by atoms with E-state index >= 15 is 0 Å². The van der Waals surface area contributed by atoms with E-state index in [1.165, 1.54) is 35.7 Å². The molecule has 2 aromatic heterocycles. The number of halogens is 1. The second-order valence-corrected chi connectivity index (χ2v) is 7.10. The van der Waals surface area contributed by atoms with Gasteiger partial charge in [0.05, 0.1) is 11.1 Å². The molecule has 2 N–H and O–H groups in total. The molecule has 1 aromatic carbocycles. The predicted octanol–water partition coefficient (Wildman–Crippen LogP) is 3.45. The van der Waals surface area contributed by atoms with Crippen molar-refractivity contribution in [1.82, 2.24) is 15.3 Å². The minimum atomic E-state index is -0.440. The van der Waals surface area contributed by atoms with E-state index in [4.69, 9.17) is 0 Å². The second kappa shape index (κ2) is 9.18. The van der Waals surface area contributed by atoms with Crippen LogP contribution in [0.2, 0.25) is 0 Å². The van der Waals surface area contributed by atoms with Gasteiger partial charge in [-0.2, -0.15) is 0 Å². The van der Waals surface area contributed by atoms with Gasteiger partial charge in [-0.05, 0) is 43.2 Å². The quantitative estimate of drug-likeness (QED) is 0.449. The number of amides is 1. The molecule has 0 aliphatic rings. The van der Waals surface area contributed by atoms with Gasteiger partial charge in [0.15, 0.2) is 5.13 Å². The van der Waals surface area contributed by atoms with Gasteiger partial charge >= 0.3 is 0 Å². The first kappa shape index (κ1) is 19.6. The summed E-state index contributed by atoms with van der Waals surface area (Å²) >= 11 is 1.27. The molecule has 0 radical (unpaired) electrons. The SMILES string of the molecule is Cc1cccnc1C(=O)c1cnc(NCCCNC(=O)c2cccc(F)c2)s1. The van der Waals surface area contributed by atoms with E-state index in [1.807, 2.05) is 13.0 Å². The molecule has 6 nitrogen and oxygen atoms in total. The summed E-state index contributed by atoms with van der Waals surface area (Å²) in [5.74, 6) is -0.900. The molecular weight excluding hydrogens is 379 g/mol. The standard InChI is InChI=1S/C20H19FN4O2S/c1-13-5-3-8-22-17(13)18(26)16-12-25-20(28-16)24-10-4-9-23-19(27)14-6-2-7-15(21)11-14/h2-3,5-8,11-12H,4,9-10H2,1H3,(H,23,27)(H,24,25). The molecule has 1 amide bonds. The van der Waals surface area contributed by atoms with Crippen LogP contribution in [-0.4, -0.2) is 34.7 Å². The molecular formula is C20H19FN4O2S. The lowest BCUT2D eigenvalue weighted by Gasteiger charge is -2.06. The monoisotopic (exact) mass is 398 g/mol. The van der Waals surface area contributed by atoms with Gasteiger partial charge in [-0.25, -0.2) is 9.37 Å². The van der Waals surface area contributed by atoms with Gasteiger partial charge in [-0.1, -0.05) is 23.5 Å². The van der Waals surface area contributed by atoms with Crippen molar-refractivity contribution < 1.29 is 14.0 Å². The summed E-state index contributed by atoms with van der Waals surface area (Å²) in [6.07, 6.45) is 3.79. The van der Waals surface area contributed by atoms with Crippen LogP contribution in [-0.2, 0) is 0 Å². The van der Waals surface area contributed by atoms with Crippen LogP contribution in [0.4, 0.5) is 9.52 Å². The predicted molar refractivity (Wildman–Crippen MR) is 106 cm³/mol. The molecule has 3 aromatic rings. The molecule has 8 heteroatoms. The molecule has 0 saturated heterocycles. The smallest absolute Gasteiger partial charge is 0.251 e. The van der Waals surface area contributed by atoms with Crippen LogP contribution in [0, 0.1) is 12.7 Å². The maximum Gasteiger partial charge on any atom is 0.251 e. The highest BCUT2D eigenvalue weighted by molar-refractivity contribution is 7.17. The zero-order valence-electron chi connectivity index (χ0n) is 15.2. The Hall–Kier alpha value is -3.13. The fourth-order valence-electron chi connectivity index (χ4n) is 2.52. The molecule has 0 saturated carbocycles. The molecule has 144 valence electrons. The Balaban J connectivity index is 1.44. The summed E-state index contributed by atoms with van der Waals surface area (Å²) in [5.41, 5.74) is 1.54. The third kappa shape index (κ3) is 4.98. The molecule has 3 rings (SSSR count). The number of aromatic nitrogens is 2. The number of nitrogens with one attached hydrogen (secondary N) is 2. The summed E-state index contributed by atoms with van der Waals surface area (Å²) in [4.78, 5) is 33.3. The van der Waals surface area contributed by atoms with E-state index < -0.39 is 5.82 Å². The first-order valence-corrected chi connectivity index (χ1v) is 9.56. The molecule has 0 bridgehead atoms. The largest absolute Gasteiger partial charge is 0.361 e. The van der Waals surface area contributed by atoms with Gasteiger partial charge in [0, 0.05) is 24.8 Å². The first-order valence-electron chi connectivity index (χ1n) is 8.74. The van der Waals surface area contributed by atoms with Crippen molar-refractivity contribution in [1.29, 1.82) is 0 Å². The maximum atomic E-state index is 13.1. The van der Waals surface area contributed by atoms with E-state index in [-0.39, 0.29) is 11.7 Å². The van der Waals surface area contributed by atoms with Gasteiger partial charge in [0.25, 0.3) is 5.91 Å². The number of pyridine rings is 1. The number of carbonyl (C=O) groups excluding carboxylic acids is 2. The third-order valence-corrected chi connectivity index (χ3v) is 4.91. The number of nitrogens with zero attached hydrogens (tertiary/aromatic N) is 2. The summed E-state index contributed by atoms with van der Waals surface area (Å²) in [5, 5.41) is 6.50. The van der Waals surface area contributed by atoms with E-state index in [0.717, 1.165) is 5.56 Å². The van der Waals surface area contributed by atoms with Crippen molar-refractivity contribution in [3.63, 3.8) is 0 Å². The van der Waals surface area contributed by atoms with Gasteiger partial charge in [0.1, 0.15) is 11.5 Å². The number of carbonyl (C=O) groups is 2. The topological polar surface area (TPSA) is 84.0 Å². The van der Waals surface area contributed by atoms with Crippen LogP contribution in [0.15, 0.2) is 48.8 Å². The molecule has 0 aliphatic carbocycles. The molecule has 28 heavy (non-hydrogen) atoms. The highest BCUT2D eigenvalue weighted by Crippen LogP contribution is 2.21. The van der Waals surface area contributed by atoms with Crippen molar-refractivity contribution in [2.75, 3.05) is 18.4 Å². The van der Waals surface area contributed by atoms with E-state index in [2.05, 4.69) is 20.6 Å². The number of benzene rings is 1. The molecule has 0 spiro atoms. The van der Waals surface area contributed by atoms with Crippen molar-refractivity contribution in [2.24, 2.45) is 0 Å². The summed E-state index contributed by atoms with van der Waals surface area (Å²) in [6, 6.07) is 9.19. The fraction of sp³-hybridized carbons (Fsp3) is 0.200. The van der Waals surface area contributed by atoms with Crippen LogP contribution in [0.5, 0.6) is 0 Å². The fourth-order valence-corrected chi connectivity index (χ4v) is 3.30. The number of thiazole rings is 1. The zero-order chi connectivity index (χ0) is 19.9. The molecule has 2 heterocycles. The summed E-state index contributed by atoms with van der Waals surface area (Å²) in [6.45, 7) is 2.86. The lowest BCUT2D eigenvalue weighted by atomic mass is 10.1. The average molecular weight is 398 g/mol. The summed E-state index contributed by atoms with van der Waals surface area (Å²) in [7, 11) is 0. The minimum Gasteiger partial charge on any atom is -0.361 e. The highest BCUT2D eigenvalue weighted by Gasteiger charge is 2.16. The second-order valence-electron chi connectivity index (χ2n) is 6.07. The molecule has 0 aliphatic heterocycles. The van der Waals surface area contributed by atoms with Crippen LogP contribution in [0.1, 0.15) is 37.7 Å². The van der Waals surface area contributed by atoms with Crippen molar-refractivity contribution in [3.8, 4) is 0 Å². The van der Waals surface area contributed by atoms with Crippen molar-refractivity contribution in [2.45, 2.75) is 13.3 Å². The minimum absolute atomic E-state index is 0.147. The summed E-state index contributed by atoms with van der Waals surface area (Å²) < 4.78 is 13.1. The Morgan fingerprint density at radius 3 is 2.79 bits per heavy atom. The average Bonchev–Trinajstić information content (AvgIpc) is 3.16. The highest BCUT2D eigenvalue weighted by atomic mass is 32.1. The maximum absolute atomic E-state index is 13.1. The van der Waals surface area contributed by atoms with E-state index in [0.29, 0.717) is 40.8 Å². The van der Waals surface area contributed by atoms with Crippen LogP contribution < -0.4 is 10.6 Å². The lowest BCUT2D eigenvalue weighted by molar-refractivity contribution is 0.0952. The number of ketones is 1. The van der Waals surface area contributed by atoms with E-state index in [9.17, 15) is 14.0 Å². The first-order chi connectivity index (χ1) is 13.5. The molecule has 0 atom stereocenters. The zero-order valence-corrected chi connectivity index (χ0v) is 16.1. The number of rotatable bonds is 8. The normalized spacial score (nSPS) is 10.5. The van der Waals surface area contributed by atoms with Crippen LogP contribution in [0.3, 0.4) is 0 Å². The van der Waals surface area contributed by atoms with Gasteiger partial charge in [0.2, 0.25) is 5.78 Å². The number of aryl methyl sites for hydroxylation is 1. The Bertz CT molecular complexity index is 990. The van der Waals surface area contributed by atoms with Crippen molar-refractivity contribution >= 4 is 28.2 Å². The van der Waals surface area contributed by atoms with E-state index in [1.54, 1.807) is 18.3 Å². The number of hydrogen-bond acceptors (Lipinski definition) is 6. The van der Waals surface area contributed by atoms with Crippen LogP contribution >= 0.6 is 11.3 Å². The van der Waals surface area contributed by atoms with Crippen molar-refractivity contribution in [3.05, 3.63) is 76.3 Å². The number of anilines is 1. The Kier molecular flexibility index (Phi) is 6.44. The Morgan fingerprint density at radius 2 is 2.00 bits per heavy atom. The lowest BCUT2D eigenvalue weighted by Crippen LogP contribution is -2.25. The Labute approximate surface area is 165 Å². The third-order valence-electron chi connectivity index (χ3n) is 3.96. The number of hydrogen-bond donors (Lipinski definition) is 2. The molecule has 0 fully saturated rings. The van der Waals surface area contributed by atoms with Gasteiger partial charge in [-0.3, -0.25) is 14.6 Å². The van der Waals surface area contributed by atoms with Gasteiger partial charge in [-0.15, -0.1) is 0 Å². The van der Waals surface area contributed by atoms with Gasteiger partial charge < -0.3 is 10.6 Å². The Morgan fingerprint density at radius 1 is 1.14 bits per heavy atom. The molecule has 0 unspecified atom stereocenters. The van der Waals surface area contributed by atoms with Crippen LogP contribution in [0.25, 0.3) is 0 Å².